The molecule has 35 heavy (non-hydrogen) atoms. The first-order valence-electron chi connectivity index (χ1n) is 12.2. The first-order valence-corrected chi connectivity index (χ1v) is 12.2. The Morgan fingerprint density at radius 1 is 0.971 bits per heavy atom. The second-order valence-electron chi connectivity index (χ2n) is 8.98. The lowest BCUT2D eigenvalue weighted by atomic mass is 9.96. The van der Waals surface area contributed by atoms with Crippen LogP contribution >= 0.6 is 0 Å². The van der Waals surface area contributed by atoms with Gasteiger partial charge in [-0.15, -0.1) is 0 Å². The summed E-state index contributed by atoms with van der Waals surface area (Å²) < 4.78 is 9.13. The number of hydrogen-bond donors (Lipinski definition) is 0. The van der Waals surface area contributed by atoms with Crippen molar-refractivity contribution in [2.45, 2.75) is 38.8 Å². The highest BCUT2D eigenvalue weighted by Crippen LogP contribution is 2.27. The van der Waals surface area contributed by atoms with Gasteiger partial charge in [-0.1, -0.05) is 60.7 Å². The fraction of sp³-hybridized carbons (Fsp3) is 0.321. The van der Waals surface area contributed by atoms with Crippen LogP contribution in [0.1, 0.15) is 37.1 Å². The van der Waals surface area contributed by atoms with Crippen LogP contribution in [0.4, 0.5) is 0 Å². The number of rotatable bonds is 7. The number of fused-ring (bicyclic) bond motifs is 1. The molecule has 0 saturated carbocycles. The Bertz CT molecular complexity index is 1370. The lowest BCUT2D eigenvalue weighted by molar-refractivity contribution is -0.134. The zero-order valence-corrected chi connectivity index (χ0v) is 20.0. The molecule has 2 heterocycles. The number of ether oxygens (including phenoxy) is 1. The summed E-state index contributed by atoms with van der Waals surface area (Å²) in [6, 6.07) is 23.8. The van der Waals surface area contributed by atoms with Gasteiger partial charge in [-0.05, 0) is 48.2 Å². The Morgan fingerprint density at radius 3 is 2.43 bits per heavy atom. The topological polar surface area (TPSA) is 69.4 Å². The number of hydrogen-bond acceptors (Lipinski definition) is 4. The largest absolute Gasteiger partial charge is 0.484 e. The molecule has 0 radical (unpaired) electrons. The van der Waals surface area contributed by atoms with E-state index >= 15 is 0 Å². The van der Waals surface area contributed by atoms with Crippen molar-refractivity contribution in [3.63, 3.8) is 0 Å². The van der Waals surface area contributed by atoms with Crippen LogP contribution in [0.5, 0.6) is 5.75 Å². The van der Waals surface area contributed by atoms with E-state index in [1.807, 2.05) is 78.6 Å². The molecule has 1 fully saturated rings. The van der Waals surface area contributed by atoms with Crippen molar-refractivity contribution < 1.29 is 9.53 Å². The fourth-order valence-electron chi connectivity index (χ4n) is 4.80. The van der Waals surface area contributed by atoms with Crippen LogP contribution in [0.2, 0.25) is 0 Å². The molecule has 1 saturated heterocycles. The molecule has 1 aromatic heterocycles. The first kappa shape index (κ1) is 22.9. The molecule has 7 heteroatoms. The minimum absolute atomic E-state index is 0.0147. The van der Waals surface area contributed by atoms with Gasteiger partial charge >= 0.3 is 5.69 Å². The summed E-state index contributed by atoms with van der Waals surface area (Å²) in [6.07, 6.45) is 1.56. The Hall–Kier alpha value is -3.87. The van der Waals surface area contributed by atoms with E-state index in [2.05, 4.69) is 6.07 Å². The average molecular weight is 471 g/mol. The second-order valence-corrected chi connectivity index (χ2v) is 8.98. The number of amides is 1. The SMILES string of the molecule is CCn1c(C2CCN(C(=O)COc3ccc4ccccc4c3)CC2)nn(Cc2ccccc2)c1=O. The van der Waals surface area contributed by atoms with Crippen LogP contribution < -0.4 is 10.4 Å². The van der Waals surface area contributed by atoms with Gasteiger partial charge in [-0.25, -0.2) is 9.48 Å². The molecule has 1 amide bonds. The molecule has 1 aliphatic heterocycles. The van der Waals surface area contributed by atoms with Crippen molar-refractivity contribution in [3.8, 4) is 5.75 Å². The van der Waals surface area contributed by atoms with Crippen LogP contribution in [0.25, 0.3) is 10.8 Å². The predicted octanol–water partition coefficient (Wildman–Crippen LogP) is 4.05. The second kappa shape index (κ2) is 10.2. The number of carbonyl (C=O) groups is 1. The van der Waals surface area contributed by atoms with Gasteiger partial charge in [-0.2, -0.15) is 5.10 Å². The minimum Gasteiger partial charge on any atom is -0.484 e. The zero-order chi connectivity index (χ0) is 24.2. The minimum atomic E-state index is -0.0753. The number of carbonyl (C=O) groups excluding carboxylic acids is 1. The Balaban J connectivity index is 1.20. The molecule has 4 aromatic rings. The van der Waals surface area contributed by atoms with Gasteiger partial charge in [0.25, 0.3) is 5.91 Å². The molecule has 0 spiro atoms. The van der Waals surface area contributed by atoms with Crippen molar-refractivity contribution >= 4 is 16.7 Å². The molecule has 5 rings (SSSR count). The van der Waals surface area contributed by atoms with Crippen molar-refractivity contribution in [2.24, 2.45) is 0 Å². The highest BCUT2D eigenvalue weighted by Gasteiger charge is 2.28. The summed E-state index contributed by atoms with van der Waals surface area (Å²) in [5, 5.41) is 6.94. The van der Waals surface area contributed by atoms with E-state index < -0.39 is 0 Å². The van der Waals surface area contributed by atoms with E-state index in [9.17, 15) is 9.59 Å². The van der Waals surface area contributed by atoms with Crippen LogP contribution in [0.15, 0.2) is 77.6 Å². The molecule has 0 unspecified atom stereocenters. The molecule has 0 atom stereocenters. The van der Waals surface area contributed by atoms with E-state index in [-0.39, 0.29) is 24.1 Å². The summed E-state index contributed by atoms with van der Waals surface area (Å²) >= 11 is 0. The summed E-state index contributed by atoms with van der Waals surface area (Å²) in [5.74, 6) is 1.67. The molecule has 0 bridgehead atoms. The quantitative estimate of drug-likeness (QED) is 0.409. The highest BCUT2D eigenvalue weighted by atomic mass is 16.5. The Labute approximate surface area is 204 Å². The van der Waals surface area contributed by atoms with Gasteiger partial charge in [-0.3, -0.25) is 9.36 Å². The smallest absolute Gasteiger partial charge is 0.346 e. The van der Waals surface area contributed by atoms with Crippen LogP contribution in [-0.2, 0) is 17.9 Å². The van der Waals surface area contributed by atoms with Crippen LogP contribution in [-0.4, -0.2) is 44.9 Å². The van der Waals surface area contributed by atoms with Gasteiger partial charge < -0.3 is 9.64 Å². The molecular weight excluding hydrogens is 440 g/mol. The van der Waals surface area contributed by atoms with Crippen LogP contribution in [0, 0.1) is 0 Å². The molecule has 0 N–H and O–H groups in total. The van der Waals surface area contributed by atoms with Gasteiger partial charge in [0.05, 0.1) is 6.54 Å². The third-order valence-corrected chi connectivity index (χ3v) is 6.74. The predicted molar refractivity (Wildman–Crippen MR) is 136 cm³/mol. The lowest BCUT2D eigenvalue weighted by Gasteiger charge is -2.31. The molecule has 3 aromatic carbocycles. The maximum absolute atomic E-state index is 12.9. The maximum atomic E-state index is 12.9. The van der Waals surface area contributed by atoms with Crippen molar-refractivity contribution in [1.29, 1.82) is 0 Å². The van der Waals surface area contributed by atoms with E-state index in [1.54, 1.807) is 9.25 Å². The summed E-state index contributed by atoms with van der Waals surface area (Å²) in [5.41, 5.74) is 0.974. The Morgan fingerprint density at radius 2 is 1.69 bits per heavy atom. The van der Waals surface area contributed by atoms with Gasteiger partial charge in [0.15, 0.2) is 6.61 Å². The molecule has 180 valence electrons. The summed E-state index contributed by atoms with van der Waals surface area (Å²) in [7, 11) is 0. The fourth-order valence-corrected chi connectivity index (χ4v) is 4.80. The third-order valence-electron chi connectivity index (χ3n) is 6.74. The van der Waals surface area contributed by atoms with Crippen LogP contribution in [0.3, 0.4) is 0 Å². The average Bonchev–Trinajstić information content (AvgIpc) is 3.22. The van der Waals surface area contributed by atoms with Crippen molar-refractivity contribution in [3.05, 3.63) is 94.7 Å². The van der Waals surface area contributed by atoms with E-state index in [0.29, 0.717) is 31.9 Å². The first-order chi connectivity index (χ1) is 17.1. The van der Waals surface area contributed by atoms with Gasteiger partial charge in [0, 0.05) is 25.6 Å². The molecule has 7 nitrogen and oxygen atoms in total. The monoisotopic (exact) mass is 470 g/mol. The summed E-state index contributed by atoms with van der Waals surface area (Å²) in [4.78, 5) is 27.6. The number of aromatic nitrogens is 3. The molecule has 1 aliphatic rings. The van der Waals surface area contributed by atoms with Gasteiger partial charge in [0.2, 0.25) is 0 Å². The third kappa shape index (κ3) is 4.99. The maximum Gasteiger partial charge on any atom is 0.346 e. The number of piperidine rings is 1. The molecular formula is C28H30N4O3. The van der Waals surface area contributed by atoms with E-state index in [4.69, 9.17) is 9.84 Å². The zero-order valence-electron chi connectivity index (χ0n) is 20.0. The molecule has 0 aliphatic carbocycles. The van der Waals surface area contributed by atoms with Crippen molar-refractivity contribution in [2.75, 3.05) is 19.7 Å². The summed E-state index contributed by atoms with van der Waals surface area (Å²) in [6.45, 7) is 4.31. The standard InChI is InChI=1S/C28H30N4O3/c1-2-31-27(29-32(28(31)34)19-21-8-4-3-5-9-21)23-14-16-30(17-15-23)26(33)20-35-25-13-12-22-10-6-7-11-24(22)18-25/h3-13,18,23H,2,14-17,19-20H2,1H3. The normalized spacial score (nSPS) is 14.4. The van der Waals surface area contributed by atoms with E-state index in [1.165, 1.54) is 0 Å². The number of nitrogens with zero attached hydrogens (tertiary/aromatic N) is 4. The Kier molecular flexibility index (Phi) is 6.66. The number of likely N-dealkylation sites (tertiary alicyclic amines) is 1. The van der Waals surface area contributed by atoms with Gasteiger partial charge in [0.1, 0.15) is 11.6 Å². The lowest BCUT2D eigenvalue weighted by Crippen LogP contribution is -2.41. The number of benzene rings is 3. The van der Waals surface area contributed by atoms with E-state index in [0.717, 1.165) is 35.0 Å². The van der Waals surface area contributed by atoms with Crippen molar-refractivity contribution in [1.82, 2.24) is 19.2 Å². The highest BCUT2D eigenvalue weighted by molar-refractivity contribution is 5.84.